The molecule has 1 aromatic carbocycles. The Hall–Kier alpha value is -0.860. The van der Waals surface area contributed by atoms with Crippen LogP contribution in [0.25, 0.3) is 0 Å². The van der Waals surface area contributed by atoms with Gasteiger partial charge in [0.15, 0.2) is 0 Å². The first-order valence-electron chi connectivity index (χ1n) is 6.21. The summed E-state index contributed by atoms with van der Waals surface area (Å²) in [4.78, 5) is 0. The van der Waals surface area contributed by atoms with E-state index in [0.717, 1.165) is 31.4 Å². The Morgan fingerprint density at radius 3 is 2.75 bits per heavy atom. The summed E-state index contributed by atoms with van der Waals surface area (Å²) >= 11 is 0. The highest BCUT2D eigenvalue weighted by Crippen LogP contribution is 2.23. The Morgan fingerprint density at radius 2 is 2.06 bits per heavy atom. The normalized spacial score (nSPS) is 22.9. The first-order chi connectivity index (χ1) is 7.86. The van der Waals surface area contributed by atoms with Crippen LogP contribution in [0.1, 0.15) is 43.8 Å². The van der Waals surface area contributed by atoms with E-state index in [-0.39, 0.29) is 6.10 Å². The molecule has 2 nitrogen and oxygen atoms in total. The molecule has 1 heterocycles. The molecule has 2 unspecified atom stereocenters. The molecule has 0 aromatic heterocycles. The van der Waals surface area contributed by atoms with Crippen LogP contribution in [-0.2, 0) is 4.74 Å². The second-order valence-electron chi connectivity index (χ2n) is 4.49. The summed E-state index contributed by atoms with van der Waals surface area (Å²) in [5, 5.41) is 10.00. The molecule has 1 aromatic rings. The molecule has 1 saturated heterocycles. The molecule has 1 aliphatic heterocycles. The third-order valence-corrected chi connectivity index (χ3v) is 3.22. The summed E-state index contributed by atoms with van der Waals surface area (Å²) < 4.78 is 5.65. The maximum absolute atomic E-state index is 10.00. The van der Waals surface area contributed by atoms with Crippen molar-refractivity contribution in [2.75, 3.05) is 6.61 Å². The molecule has 1 N–H and O–H groups in total. The zero-order chi connectivity index (χ0) is 11.2. The second kappa shape index (κ2) is 6.02. The number of ether oxygens (including phenoxy) is 1. The van der Waals surface area contributed by atoms with Gasteiger partial charge in [-0.2, -0.15) is 0 Å². The van der Waals surface area contributed by atoms with E-state index >= 15 is 0 Å². The summed E-state index contributed by atoms with van der Waals surface area (Å²) in [7, 11) is 0. The minimum atomic E-state index is -0.341. The highest BCUT2D eigenvalue weighted by molar-refractivity contribution is 5.17. The van der Waals surface area contributed by atoms with E-state index in [1.807, 2.05) is 30.3 Å². The van der Waals surface area contributed by atoms with E-state index in [9.17, 15) is 5.11 Å². The van der Waals surface area contributed by atoms with E-state index in [1.54, 1.807) is 0 Å². The van der Waals surface area contributed by atoms with Crippen molar-refractivity contribution in [2.24, 2.45) is 0 Å². The van der Waals surface area contributed by atoms with Crippen LogP contribution < -0.4 is 0 Å². The first kappa shape index (κ1) is 11.6. The van der Waals surface area contributed by atoms with Crippen LogP contribution in [0.5, 0.6) is 0 Å². The SMILES string of the molecule is OC(CCC1CCCCO1)c1ccccc1. The van der Waals surface area contributed by atoms with Gasteiger partial charge in [-0.1, -0.05) is 30.3 Å². The van der Waals surface area contributed by atoms with E-state index in [1.165, 1.54) is 12.8 Å². The molecule has 0 aliphatic carbocycles. The van der Waals surface area contributed by atoms with Crippen molar-refractivity contribution >= 4 is 0 Å². The Morgan fingerprint density at radius 1 is 1.25 bits per heavy atom. The second-order valence-corrected chi connectivity index (χ2v) is 4.49. The Kier molecular flexibility index (Phi) is 4.37. The van der Waals surface area contributed by atoms with Crippen LogP contribution in [-0.4, -0.2) is 17.8 Å². The van der Waals surface area contributed by atoms with Gasteiger partial charge in [-0.3, -0.25) is 0 Å². The number of aliphatic hydroxyl groups excluding tert-OH is 1. The first-order valence-corrected chi connectivity index (χ1v) is 6.21. The van der Waals surface area contributed by atoms with Gasteiger partial charge in [-0.15, -0.1) is 0 Å². The highest BCUT2D eigenvalue weighted by Gasteiger charge is 2.16. The van der Waals surface area contributed by atoms with E-state index < -0.39 is 0 Å². The number of hydrogen-bond acceptors (Lipinski definition) is 2. The van der Waals surface area contributed by atoms with Crippen LogP contribution in [0.15, 0.2) is 30.3 Å². The molecule has 0 radical (unpaired) electrons. The largest absolute Gasteiger partial charge is 0.388 e. The van der Waals surface area contributed by atoms with Gasteiger partial charge in [0.25, 0.3) is 0 Å². The average molecular weight is 220 g/mol. The summed E-state index contributed by atoms with van der Waals surface area (Å²) in [6, 6.07) is 9.87. The van der Waals surface area contributed by atoms with Crippen molar-refractivity contribution in [1.82, 2.24) is 0 Å². The topological polar surface area (TPSA) is 29.5 Å². The van der Waals surface area contributed by atoms with Crippen LogP contribution in [0.3, 0.4) is 0 Å². The van der Waals surface area contributed by atoms with E-state index in [4.69, 9.17) is 4.74 Å². The van der Waals surface area contributed by atoms with Crippen LogP contribution in [0.4, 0.5) is 0 Å². The van der Waals surface area contributed by atoms with Crippen LogP contribution in [0.2, 0.25) is 0 Å². The molecule has 2 rings (SSSR count). The minimum absolute atomic E-state index is 0.341. The minimum Gasteiger partial charge on any atom is -0.388 e. The molecule has 1 fully saturated rings. The molecule has 0 saturated carbocycles. The lowest BCUT2D eigenvalue weighted by Crippen LogP contribution is -2.19. The van der Waals surface area contributed by atoms with Crippen molar-refractivity contribution in [1.29, 1.82) is 0 Å². The molecule has 0 spiro atoms. The highest BCUT2D eigenvalue weighted by atomic mass is 16.5. The Bertz CT molecular complexity index is 291. The molecular weight excluding hydrogens is 200 g/mol. The van der Waals surface area contributed by atoms with Gasteiger partial charge in [0.2, 0.25) is 0 Å². The quantitative estimate of drug-likeness (QED) is 0.845. The summed E-state index contributed by atoms with van der Waals surface area (Å²) in [5.74, 6) is 0. The van der Waals surface area contributed by atoms with Crippen molar-refractivity contribution in [3.63, 3.8) is 0 Å². The number of benzene rings is 1. The van der Waals surface area contributed by atoms with Crippen molar-refractivity contribution in [2.45, 2.75) is 44.3 Å². The fourth-order valence-electron chi connectivity index (χ4n) is 2.22. The number of aliphatic hydroxyl groups is 1. The smallest absolute Gasteiger partial charge is 0.0791 e. The summed E-state index contributed by atoms with van der Waals surface area (Å²) in [5.41, 5.74) is 1.01. The third-order valence-electron chi connectivity index (χ3n) is 3.22. The van der Waals surface area contributed by atoms with Crippen LogP contribution in [0, 0.1) is 0 Å². The monoisotopic (exact) mass is 220 g/mol. The predicted molar refractivity (Wildman–Crippen MR) is 64.2 cm³/mol. The predicted octanol–water partition coefficient (Wildman–Crippen LogP) is 3.07. The fourth-order valence-corrected chi connectivity index (χ4v) is 2.22. The van der Waals surface area contributed by atoms with Gasteiger partial charge < -0.3 is 9.84 Å². The maximum Gasteiger partial charge on any atom is 0.0791 e. The molecule has 0 bridgehead atoms. The average Bonchev–Trinajstić information content (AvgIpc) is 2.38. The zero-order valence-corrected chi connectivity index (χ0v) is 9.64. The summed E-state index contributed by atoms with van der Waals surface area (Å²) in [6.07, 6.45) is 5.41. The van der Waals surface area contributed by atoms with Gasteiger partial charge in [-0.25, -0.2) is 0 Å². The molecule has 16 heavy (non-hydrogen) atoms. The third kappa shape index (κ3) is 3.32. The molecule has 2 heteroatoms. The lowest BCUT2D eigenvalue weighted by atomic mass is 9.99. The van der Waals surface area contributed by atoms with Gasteiger partial charge in [-0.05, 0) is 37.7 Å². The van der Waals surface area contributed by atoms with Crippen molar-refractivity contribution in [3.05, 3.63) is 35.9 Å². The lowest BCUT2D eigenvalue weighted by Gasteiger charge is -2.23. The van der Waals surface area contributed by atoms with Crippen molar-refractivity contribution in [3.8, 4) is 0 Å². The van der Waals surface area contributed by atoms with Crippen LogP contribution >= 0.6 is 0 Å². The van der Waals surface area contributed by atoms with E-state index in [0.29, 0.717) is 6.10 Å². The number of hydrogen-bond donors (Lipinski definition) is 1. The zero-order valence-electron chi connectivity index (χ0n) is 9.64. The molecule has 1 aliphatic rings. The summed E-state index contributed by atoms with van der Waals surface area (Å²) in [6.45, 7) is 0.895. The fraction of sp³-hybridized carbons (Fsp3) is 0.571. The molecular formula is C14H20O2. The van der Waals surface area contributed by atoms with Gasteiger partial charge in [0, 0.05) is 6.61 Å². The lowest BCUT2D eigenvalue weighted by molar-refractivity contribution is 0.00213. The van der Waals surface area contributed by atoms with Gasteiger partial charge >= 0.3 is 0 Å². The van der Waals surface area contributed by atoms with Gasteiger partial charge in [0.05, 0.1) is 12.2 Å². The standard InChI is InChI=1S/C14H20O2/c15-14(12-6-2-1-3-7-12)10-9-13-8-4-5-11-16-13/h1-3,6-7,13-15H,4-5,8-11H2. The molecule has 0 amide bonds. The molecule has 88 valence electrons. The Labute approximate surface area is 97.3 Å². The Balaban J connectivity index is 1.77. The van der Waals surface area contributed by atoms with Gasteiger partial charge in [0.1, 0.15) is 0 Å². The van der Waals surface area contributed by atoms with Crippen molar-refractivity contribution < 1.29 is 9.84 Å². The maximum atomic E-state index is 10.00. The van der Waals surface area contributed by atoms with E-state index in [2.05, 4.69) is 0 Å². The molecule has 2 atom stereocenters. The number of rotatable bonds is 4.